The van der Waals surface area contributed by atoms with Crippen LogP contribution in [0.25, 0.3) is 6.08 Å². The van der Waals surface area contributed by atoms with Crippen LogP contribution in [-0.4, -0.2) is 11.8 Å². The number of carbonyl (C=O) groups is 2. The van der Waals surface area contributed by atoms with E-state index >= 15 is 0 Å². The van der Waals surface area contributed by atoms with Crippen LogP contribution in [0.5, 0.6) is 0 Å². The molecule has 6 heteroatoms. The van der Waals surface area contributed by atoms with Gasteiger partial charge in [0.15, 0.2) is 0 Å². The highest BCUT2D eigenvalue weighted by atomic mass is 35.5. The number of halogens is 2. The van der Waals surface area contributed by atoms with E-state index in [1.165, 1.54) is 30.3 Å². The van der Waals surface area contributed by atoms with Gasteiger partial charge in [0.2, 0.25) is 0 Å². The average Bonchev–Trinajstić information content (AvgIpc) is 2.79. The van der Waals surface area contributed by atoms with Gasteiger partial charge in [-0.1, -0.05) is 55.3 Å². The summed E-state index contributed by atoms with van der Waals surface area (Å²) < 4.78 is 13.3. The molecule has 164 valence electrons. The number of amides is 2. The van der Waals surface area contributed by atoms with Crippen LogP contribution >= 0.6 is 11.6 Å². The van der Waals surface area contributed by atoms with Gasteiger partial charge in [0.05, 0.1) is 0 Å². The summed E-state index contributed by atoms with van der Waals surface area (Å²) in [5.74, 6) is -1.33. The van der Waals surface area contributed by atoms with E-state index in [1.807, 2.05) is 12.1 Å². The van der Waals surface area contributed by atoms with Gasteiger partial charge in [0.25, 0.3) is 11.8 Å². The quantitative estimate of drug-likeness (QED) is 0.399. The molecule has 2 N–H and O–H groups in total. The van der Waals surface area contributed by atoms with Crippen molar-refractivity contribution in [3.05, 3.63) is 106 Å². The predicted octanol–water partition coefficient (Wildman–Crippen LogP) is 6.23. The van der Waals surface area contributed by atoms with Crippen molar-refractivity contribution < 1.29 is 14.0 Å². The van der Waals surface area contributed by atoms with Crippen LogP contribution in [0.4, 0.5) is 10.1 Å². The number of hydrogen-bond acceptors (Lipinski definition) is 2. The lowest BCUT2D eigenvalue weighted by Crippen LogP contribution is -2.30. The maximum absolute atomic E-state index is 13.3. The molecule has 0 aliphatic carbocycles. The Kier molecular flexibility index (Phi) is 8.17. The minimum atomic E-state index is -0.524. The van der Waals surface area contributed by atoms with Gasteiger partial charge in [0, 0.05) is 16.3 Å². The van der Waals surface area contributed by atoms with Crippen LogP contribution in [-0.2, 0) is 11.2 Å². The molecule has 0 aliphatic rings. The summed E-state index contributed by atoms with van der Waals surface area (Å²) >= 11 is 5.99. The minimum Gasteiger partial charge on any atom is -0.321 e. The molecule has 0 atom stereocenters. The van der Waals surface area contributed by atoms with Crippen LogP contribution in [0.1, 0.15) is 41.3 Å². The molecule has 0 radical (unpaired) electrons. The van der Waals surface area contributed by atoms with Crippen LogP contribution in [0.15, 0.2) is 78.5 Å². The molecule has 4 nitrogen and oxygen atoms in total. The van der Waals surface area contributed by atoms with Gasteiger partial charge in [-0.25, -0.2) is 4.39 Å². The van der Waals surface area contributed by atoms with Gasteiger partial charge < -0.3 is 10.6 Å². The molecule has 0 saturated carbocycles. The lowest BCUT2D eigenvalue weighted by molar-refractivity contribution is -0.113. The smallest absolute Gasteiger partial charge is 0.272 e. The molecule has 3 aromatic carbocycles. The second-order valence-corrected chi connectivity index (χ2v) is 7.77. The molecular weight excluding hydrogens is 427 g/mol. The van der Waals surface area contributed by atoms with Crippen molar-refractivity contribution in [1.82, 2.24) is 5.32 Å². The van der Waals surface area contributed by atoms with Crippen molar-refractivity contribution >= 4 is 35.2 Å². The molecule has 32 heavy (non-hydrogen) atoms. The first-order valence-electron chi connectivity index (χ1n) is 10.4. The van der Waals surface area contributed by atoms with Gasteiger partial charge in [0.1, 0.15) is 11.5 Å². The van der Waals surface area contributed by atoms with E-state index in [1.54, 1.807) is 36.4 Å². The van der Waals surface area contributed by atoms with E-state index in [-0.39, 0.29) is 11.5 Å². The Morgan fingerprint density at radius 3 is 2.38 bits per heavy atom. The summed E-state index contributed by atoms with van der Waals surface area (Å²) in [5, 5.41) is 5.87. The number of anilines is 1. The second kappa shape index (κ2) is 11.3. The lowest BCUT2D eigenvalue weighted by atomic mass is 10.1. The lowest BCUT2D eigenvalue weighted by Gasteiger charge is -2.12. The number of rotatable bonds is 8. The van der Waals surface area contributed by atoms with Gasteiger partial charge >= 0.3 is 0 Å². The first-order valence-corrected chi connectivity index (χ1v) is 10.8. The van der Waals surface area contributed by atoms with E-state index in [9.17, 15) is 14.0 Å². The topological polar surface area (TPSA) is 58.2 Å². The van der Waals surface area contributed by atoms with E-state index in [0.717, 1.165) is 24.8 Å². The SMILES string of the molecule is CCCCc1ccc(C(=O)NC(=Cc2ccc(F)cc2)C(=O)Nc2cccc(Cl)c2)cc1. The summed E-state index contributed by atoms with van der Waals surface area (Å²) in [4.78, 5) is 25.7. The van der Waals surface area contributed by atoms with Gasteiger partial charge in [-0.15, -0.1) is 0 Å². The van der Waals surface area contributed by atoms with Gasteiger partial charge in [-0.05, 0) is 72.5 Å². The summed E-state index contributed by atoms with van der Waals surface area (Å²) in [6.45, 7) is 2.13. The summed E-state index contributed by atoms with van der Waals surface area (Å²) in [5.41, 5.74) is 2.67. The highest BCUT2D eigenvalue weighted by molar-refractivity contribution is 6.31. The monoisotopic (exact) mass is 450 g/mol. The highest BCUT2D eigenvalue weighted by Gasteiger charge is 2.15. The van der Waals surface area contributed by atoms with E-state index < -0.39 is 11.8 Å². The maximum atomic E-state index is 13.3. The molecule has 0 spiro atoms. The van der Waals surface area contributed by atoms with E-state index in [2.05, 4.69) is 17.6 Å². The number of benzene rings is 3. The zero-order valence-corrected chi connectivity index (χ0v) is 18.5. The second-order valence-electron chi connectivity index (χ2n) is 7.33. The normalized spacial score (nSPS) is 11.2. The zero-order valence-electron chi connectivity index (χ0n) is 17.7. The third-order valence-corrected chi connectivity index (χ3v) is 5.03. The first kappa shape index (κ1) is 23.2. The summed E-state index contributed by atoms with van der Waals surface area (Å²) in [6, 6.07) is 19.6. The summed E-state index contributed by atoms with van der Waals surface area (Å²) in [6.07, 6.45) is 4.63. The van der Waals surface area contributed by atoms with E-state index in [0.29, 0.717) is 21.8 Å². The van der Waals surface area contributed by atoms with E-state index in [4.69, 9.17) is 11.6 Å². The predicted molar refractivity (Wildman–Crippen MR) is 127 cm³/mol. The Labute approximate surface area is 192 Å². The fourth-order valence-electron chi connectivity index (χ4n) is 3.05. The van der Waals surface area contributed by atoms with Crippen molar-refractivity contribution in [3.63, 3.8) is 0 Å². The Morgan fingerprint density at radius 2 is 1.72 bits per heavy atom. The standard InChI is InChI=1S/C26H24ClFN2O2/c1-2-3-5-18-8-12-20(13-9-18)25(31)30-24(16-19-10-14-22(28)15-11-19)26(32)29-23-7-4-6-21(27)17-23/h4,6-17H,2-3,5H2,1H3,(H,29,32)(H,30,31). The third kappa shape index (κ3) is 6.79. The molecule has 0 aliphatic heterocycles. The Morgan fingerprint density at radius 1 is 1.00 bits per heavy atom. The van der Waals surface area contributed by atoms with Crippen LogP contribution in [0, 0.1) is 5.82 Å². The number of aryl methyl sites for hydroxylation is 1. The summed E-state index contributed by atoms with van der Waals surface area (Å²) in [7, 11) is 0. The van der Waals surface area contributed by atoms with Crippen LogP contribution in [0.2, 0.25) is 5.02 Å². The zero-order chi connectivity index (χ0) is 22.9. The number of nitrogens with one attached hydrogen (secondary N) is 2. The van der Waals surface area contributed by atoms with Crippen LogP contribution in [0.3, 0.4) is 0 Å². The molecule has 0 aromatic heterocycles. The largest absolute Gasteiger partial charge is 0.321 e. The fraction of sp³-hybridized carbons (Fsp3) is 0.154. The molecule has 0 unspecified atom stereocenters. The molecule has 0 heterocycles. The maximum Gasteiger partial charge on any atom is 0.272 e. The van der Waals surface area contributed by atoms with Gasteiger partial charge in [-0.3, -0.25) is 9.59 Å². The Hall–Kier alpha value is -3.44. The third-order valence-electron chi connectivity index (χ3n) is 4.79. The first-order chi connectivity index (χ1) is 15.4. The average molecular weight is 451 g/mol. The molecule has 0 saturated heterocycles. The van der Waals surface area contributed by atoms with Crippen molar-refractivity contribution in [1.29, 1.82) is 0 Å². The van der Waals surface area contributed by atoms with Crippen molar-refractivity contribution in [2.75, 3.05) is 5.32 Å². The fourth-order valence-corrected chi connectivity index (χ4v) is 3.24. The number of unbranched alkanes of at least 4 members (excludes halogenated alkanes) is 1. The highest BCUT2D eigenvalue weighted by Crippen LogP contribution is 2.17. The Bertz CT molecular complexity index is 1110. The van der Waals surface area contributed by atoms with Gasteiger partial charge in [-0.2, -0.15) is 0 Å². The van der Waals surface area contributed by atoms with Crippen molar-refractivity contribution in [2.24, 2.45) is 0 Å². The molecule has 0 fully saturated rings. The van der Waals surface area contributed by atoms with Crippen molar-refractivity contribution in [2.45, 2.75) is 26.2 Å². The number of hydrogen-bond donors (Lipinski definition) is 2. The van der Waals surface area contributed by atoms with Crippen molar-refractivity contribution in [3.8, 4) is 0 Å². The molecule has 3 aromatic rings. The Balaban J connectivity index is 1.82. The molecule has 3 rings (SSSR count). The molecule has 2 amide bonds. The minimum absolute atomic E-state index is 0.0247. The molecular formula is C26H24ClFN2O2. The molecule has 0 bridgehead atoms. The van der Waals surface area contributed by atoms with Crippen LogP contribution < -0.4 is 10.6 Å². The number of carbonyl (C=O) groups excluding carboxylic acids is 2.